The second-order valence-electron chi connectivity index (χ2n) is 9.16. The van der Waals surface area contributed by atoms with Crippen molar-refractivity contribution in [1.29, 1.82) is 0 Å². The highest BCUT2D eigenvalue weighted by Crippen LogP contribution is 2.33. The SMILES string of the molecule is COC(=O)C1=C[C@H](n2cc(-c3ccc(OC)cc3)nn2)[C@@H](NC(C)=O)[C@H]([C@H](OC(C)=O)[C@@H](COC(C)=O)OC(C)=O)O1. The molecule has 2 heterocycles. The highest BCUT2D eigenvalue weighted by molar-refractivity contribution is 5.86. The summed E-state index contributed by atoms with van der Waals surface area (Å²) in [6.45, 7) is 4.08. The monoisotopic (exact) mass is 588 g/mol. The van der Waals surface area contributed by atoms with E-state index in [4.69, 9.17) is 28.4 Å². The number of rotatable bonds is 11. The molecule has 42 heavy (non-hydrogen) atoms. The number of benzene rings is 1. The highest BCUT2D eigenvalue weighted by Gasteiger charge is 2.48. The predicted molar refractivity (Wildman–Crippen MR) is 141 cm³/mol. The molecule has 0 aliphatic carbocycles. The number of nitrogens with one attached hydrogen (secondary N) is 1. The molecule has 0 spiro atoms. The molecule has 0 saturated heterocycles. The van der Waals surface area contributed by atoms with Crippen molar-refractivity contribution < 1.29 is 52.4 Å². The molecule has 226 valence electrons. The van der Waals surface area contributed by atoms with E-state index in [0.717, 1.165) is 27.9 Å². The molecule has 0 unspecified atom stereocenters. The normalized spacial score (nSPS) is 19.2. The topological polar surface area (TPSA) is 183 Å². The van der Waals surface area contributed by atoms with E-state index in [-0.39, 0.29) is 5.76 Å². The van der Waals surface area contributed by atoms with Crippen molar-refractivity contribution in [1.82, 2.24) is 20.3 Å². The minimum absolute atomic E-state index is 0.304. The summed E-state index contributed by atoms with van der Waals surface area (Å²) in [6.07, 6.45) is -1.30. The standard InChI is InChI=1S/C27H32N4O11/c1-14(32)28-24-21(31-12-20(29-30-31)18-7-9-19(37-5)10-8-18)11-22(27(36)38-6)42-26(24)25(41-17(4)35)23(40-16(3)34)13-39-15(2)33/h7-12,21,23-26H,13H2,1-6H3,(H,28,32)/t21-,23+,24+,25+,26+/m0/s1. The van der Waals surface area contributed by atoms with Gasteiger partial charge < -0.3 is 33.7 Å². The van der Waals surface area contributed by atoms with Crippen LogP contribution in [0.1, 0.15) is 33.7 Å². The Morgan fingerprint density at radius 1 is 0.976 bits per heavy atom. The summed E-state index contributed by atoms with van der Waals surface area (Å²) >= 11 is 0. The van der Waals surface area contributed by atoms with Gasteiger partial charge in [-0.05, 0) is 30.3 Å². The van der Waals surface area contributed by atoms with E-state index in [1.54, 1.807) is 37.6 Å². The Kier molecular flexibility index (Phi) is 10.6. The number of amides is 1. The van der Waals surface area contributed by atoms with Crippen LogP contribution in [0.5, 0.6) is 5.75 Å². The third-order valence-electron chi connectivity index (χ3n) is 6.03. The van der Waals surface area contributed by atoms with Crippen molar-refractivity contribution in [3.8, 4) is 17.0 Å². The van der Waals surface area contributed by atoms with E-state index in [9.17, 15) is 24.0 Å². The number of ether oxygens (including phenoxy) is 6. The number of nitrogens with zero attached hydrogens (tertiary/aromatic N) is 3. The first-order valence-corrected chi connectivity index (χ1v) is 12.7. The lowest BCUT2D eigenvalue weighted by molar-refractivity contribution is -0.188. The lowest BCUT2D eigenvalue weighted by Crippen LogP contribution is -2.60. The van der Waals surface area contributed by atoms with Crippen LogP contribution in [-0.4, -0.2) is 90.0 Å². The predicted octanol–water partition coefficient (Wildman–Crippen LogP) is 0.882. The molecule has 0 radical (unpaired) electrons. The Hall–Kier alpha value is -4.95. The minimum atomic E-state index is -1.48. The number of carbonyl (C=O) groups excluding carboxylic acids is 5. The Morgan fingerprint density at radius 2 is 1.64 bits per heavy atom. The van der Waals surface area contributed by atoms with Crippen LogP contribution in [-0.2, 0) is 47.7 Å². The van der Waals surface area contributed by atoms with Crippen molar-refractivity contribution in [2.24, 2.45) is 0 Å². The number of aromatic nitrogens is 3. The van der Waals surface area contributed by atoms with Gasteiger partial charge in [0.2, 0.25) is 11.7 Å². The number of esters is 4. The van der Waals surface area contributed by atoms with Crippen LogP contribution in [0.4, 0.5) is 0 Å². The van der Waals surface area contributed by atoms with Gasteiger partial charge >= 0.3 is 23.9 Å². The Labute approximate surface area is 241 Å². The minimum Gasteiger partial charge on any atom is -0.497 e. The third kappa shape index (κ3) is 8.05. The van der Waals surface area contributed by atoms with Crippen molar-refractivity contribution in [2.45, 2.75) is 58.1 Å². The van der Waals surface area contributed by atoms with E-state index in [1.807, 2.05) is 0 Å². The van der Waals surface area contributed by atoms with Crippen LogP contribution in [0, 0.1) is 0 Å². The van der Waals surface area contributed by atoms with Gasteiger partial charge in [-0.1, -0.05) is 5.21 Å². The van der Waals surface area contributed by atoms with E-state index in [0.29, 0.717) is 17.0 Å². The molecule has 1 amide bonds. The molecule has 15 heteroatoms. The Bertz CT molecular complexity index is 1340. The van der Waals surface area contributed by atoms with Gasteiger partial charge in [-0.25, -0.2) is 9.48 Å². The van der Waals surface area contributed by atoms with Crippen molar-refractivity contribution in [3.63, 3.8) is 0 Å². The lowest BCUT2D eigenvalue weighted by Gasteiger charge is -2.41. The van der Waals surface area contributed by atoms with Gasteiger partial charge in [0.05, 0.1) is 32.5 Å². The van der Waals surface area contributed by atoms with E-state index >= 15 is 0 Å². The molecule has 15 nitrogen and oxygen atoms in total. The smallest absolute Gasteiger partial charge is 0.373 e. The molecule has 1 aliphatic heterocycles. The number of hydrogen-bond donors (Lipinski definition) is 1. The second-order valence-corrected chi connectivity index (χ2v) is 9.16. The van der Waals surface area contributed by atoms with Crippen LogP contribution < -0.4 is 10.1 Å². The fourth-order valence-corrected chi connectivity index (χ4v) is 4.31. The molecule has 1 N–H and O–H groups in total. The summed E-state index contributed by atoms with van der Waals surface area (Å²) in [5.41, 5.74) is 1.16. The van der Waals surface area contributed by atoms with Gasteiger partial charge in [0.25, 0.3) is 0 Å². The molecule has 0 saturated carbocycles. The van der Waals surface area contributed by atoms with Gasteiger partial charge in [0.1, 0.15) is 18.1 Å². The van der Waals surface area contributed by atoms with Crippen LogP contribution in [0.25, 0.3) is 11.3 Å². The van der Waals surface area contributed by atoms with E-state index in [2.05, 4.69) is 15.6 Å². The summed E-state index contributed by atoms with van der Waals surface area (Å²) in [5, 5.41) is 11.2. The maximum Gasteiger partial charge on any atom is 0.373 e. The molecule has 1 aromatic heterocycles. The number of hydrogen-bond acceptors (Lipinski definition) is 13. The lowest BCUT2D eigenvalue weighted by atomic mass is 9.91. The first-order chi connectivity index (χ1) is 19.9. The number of carbonyl (C=O) groups is 5. The van der Waals surface area contributed by atoms with Gasteiger partial charge in [0.15, 0.2) is 18.3 Å². The molecule has 5 atom stereocenters. The van der Waals surface area contributed by atoms with Gasteiger partial charge in [-0.15, -0.1) is 5.10 Å². The maximum absolute atomic E-state index is 12.7. The zero-order chi connectivity index (χ0) is 31.0. The van der Waals surface area contributed by atoms with Crippen molar-refractivity contribution in [2.75, 3.05) is 20.8 Å². The largest absolute Gasteiger partial charge is 0.497 e. The van der Waals surface area contributed by atoms with Crippen LogP contribution in [0.3, 0.4) is 0 Å². The Morgan fingerprint density at radius 3 is 2.19 bits per heavy atom. The van der Waals surface area contributed by atoms with Crippen LogP contribution >= 0.6 is 0 Å². The van der Waals surface area contributed by atoms with E-state index < -0.39 is 66.8 Å². The highest BCUT2D eigenvalue weighted by atomic mass is 16.6. The summed E-state index contributed by atoms with van der Waals surface area (Å²) in [7, 11) is 2.68. The first kappa shape index (κ1) is 31.6. The fraction of sp³-hybridized carbons (Fsp3) is 0.444. The average molecular weight is 589 g/mol. The zero-order valence-electron chi connectivity index (χ0n) is 23.9. The molecule has 1 aliphatic rings. The third-order valence-corrected chi connectivity index (χ3v) is 6.03. The summed E-state index contributed by atoms with van der Waals surface area (Å²) in [5.74, 6) is -3.33. The summed E-state index contributed by atoms with van der Waals surface area (Å²) in [4.78, 5) is 60.9. The molecule has 0 fully saturated rings. The second kappa shape index (κ2) is 14.1. The average Bonchev–Trinajstić information content (AvgIpc) is 3.43. The van der Waals surface area contributed by atoms with E-state index in [1.165, 1.54) is 17.7 Å². The Balaban J connectivity index is 2.14. The van der Waals surface area contributed by atoms with Gasteiger partial charge in [-0.3, -0.25) is 19.2 Å². The van der Waals surface area contributed by atoms with Crippen molar-refractivity contribution >= 4 is 29.8 Å². The fourth-order valence-electron chi connectivity index (χ4n) is 4.31. The summed E-state index contributed by atoms with van der Waals surface area (Å²) in [6, 6.07) is 5.01. The molecule has 1 aromatic carbocycles. The van der Waals surface area contributed by atoms with Crippen LogP contribution in [0.15, 0.2) is 42.3 Å². The molecule has 2 aromatic rings. The quantitative estimate of drug-likeness (QED) is 0.289. The number of methoxy groups -OCH3 is 2. The maximum atomic E-state index is 12.7. The molecular weight excluding hydrogens is 556 g/mol. The molecular formula is C27H32N4O11. The first-order valence-electron chi connectivity index (χ1n) is 12.7. The van der Waals surface area contributed by atoms with Crippen LogP contribution in [0.2, 0.25) is 0 Å². The van der Waals surface area contributed by atoms with Gasteiger partial charge in [0, 0.05) is 33.3 Å². The molecule has 3 rings (SSSR count). The van der Waals surface area contributed by atoms with Crippen molar-refractivity contribution in [3.05, 3.63) is 42.3 Å². The zero-order valence-corrected chi connectivity index (χ0v) is 23.9. The molecule has 0 bridgehead atoms. The summed E-state index contributed by atoms with van der Waals surface area (Å²) < 4.78 is 33.3. The van der Waals surface area contributed by atoms with Gasteiger partial charge in [-0.2, -0.15) is 0 Å².